The molecule has 3 N–H and O–H groups in total. The van der Waals surface area contributed by atoms with Crippen LogP contribution in [0.3, 0.4) is 0 Å². The number of amides is 1. The summed E-state index contributed by atoms with van der Waals surface area (Å²) < 4.78 is 0. The molecule has 0 atom stereocenters. The van der Waals surface area contributed by atoms with Crippen molar-refractivity contribution in [1.82, 2.24) is 16.2 Å². The molecule has 0 saturated heterocycles. The first-order valence-electron chi connectivity index (χ1n) is 6.56. The first-order valence-corrected chi connectivity index (χ1v) is 6.97. The predicted octanol–water partition coefficient (Wildman–Crippen LogP) is 1.61. The Bertz CT molecular complexity index is 529. The number of hydrazine groups is 1. The average molecular weight is 288 g/mol. The van der Waals surface area contributed by atoms with E-state index in [1.807, 2.05) is 6.07 Å². The van der Waals surface area contributed by atoms with Crippen LogP contribution in [0.2, 0.25) is 0 Å². The largest absolute Gasteiger partial charge is 0.359 e. The molecular weight excluding hydrogens is 272 g/mol. The van der Waals surface area contributed by atoms with Gasteiger partial charge in [0.05, 0.1) is 11.6 Å². The molecule has 1 fully saturated rings. The van der Waals surface area contributed by atoms with Crippen LogP contribution in [-0.2, 0) is 0 Å². The maximum atomic E-state index is 11.8. The number of nitrogens with zero attached hydrogens (tertiary/aromatic N) is 1. The van der Waals surface area contributed by atoms with E-state index in [4.69, 9.17) is 17.5 Å². The second kappa shape index (κ2) is 6.87. The highest BCUT2D eigenvalue weighted by molar-refractivity contribution is 7.80. The lowest BCUT2D eigenvalue weighted by Gasteiger charge is -2.16. The molecule has 0 spiro atoms. The third-order valence-electron chi connectivity index (χ3n) is 3.26. The minimum atomic E-state index is -0.287. The van der Waals surface area contributed by atoms with Crippen molar-refractivity contribution in [3.05, 3.63) is 35.4 Å². The number of hydrogen-bond donors (Lipinski definition) is 3. The van der Waals surface area contributed by atoms with Crippen molar-refractivity contribution in [2.45, 2.75) is 31.7 Å². The van der Waals surface area contributed by atoms with Crippen molar-refractivity contribution >= 4 is 23.2 Å². The van der Waals surface area contributed by atoms with E-state index < -0.39 is 0 Å². The fraction of sp³-hybridized carbons (Fsp3) is 0.357. The van der Waals surface area contributed by atoms with Crippen LogP contribution < -0.4 is 16.2 Å². The van der Waals surface area contributed by atoms with Gasteiger partial charge in [0.25, 0.3) is 5.91 Å². The zero-order chi connectivity index (χ0) is 14.4. The zero-order valence-corrected chi connectivity index (χ0v) is 11.8. The van der Waals surface area contributed by atoms with Gasteiger partial charge in [-0.25, -0.2) is 0 Å². The molecular formula is C14H16N4OS. The average Bonchev–Trinajstić information content (AvgIpc) is 2.97. The number of nitriles is 1. The number of carbonyl (C=O) groups excluding carboxylic acids is 1. The molecule has 0 aromatic heterocycles. The van der Waals surface area contributed by atoms with Gasteiger partial charge in [-0.15, -0.1) is 0 Å². The van der Waals surface area contributed by atoms with Gasteiger partial charge in [-0.1, -0.05) is 12.8 Å². The Kier molecular flexibility index (Phi) is 4.91. The van der Waals surface area contributed by atoms with Crippen LogP contribution in [0.5, 0.6) is 0 Å². The summed E-state index contributed by atoms with van der Waals surface area (Å²) in [5.74, 6) is -0.287. The third-order valence-corrected chi connectivity index (χ3v) is 3.48. The summed E-state index contributed by atoms with van der Waals surface area (Å²) in [7, 11) is 0. The van der Waals surface area contributed by atoms with E-state index in [0.29, 0.717) is 22.3 Å². The maximum absolute atomic E-state index is 11.8. The molecule has 20 heavy (non-hydrogen) atoms. The Morgan fingerprint density at radius 3 is 2.45 bits per heavy atom. The number of thiocarbonyl (C=S) groups is 1. The number of benzene rings is 1. The van der Waals surface area contributed by atoms with Crippen LogP contribution in [-0.4, -0.2) is 17.1 Å². The molecule has 104 valence electrons. The Balaban J connectivity index is 1.79. The SMILES string of the molecule is N#Cc1ccc(C(=O)NNC(=S)NC2CCCC2)cc1. The van der Waals surface area contributed by atoms with Crippen molar-refractivity contribution in [1.29, 1.82) is 5.26 Å². The quantitative estimate of drug-likeness (QED) is 0.569. The normalized spacial score (nSPS) is 14.3. The Hall–Kier alpha value is -2.13. The number of carbonyl (C=O) groups is 1. The summed E-state index contributed by atoms with van der Waals surface area (Å²) in [4.78, 5) is 11.8. The minimum absolute atomic E-state index is 0.287. The molecule has 1 amide bonds. The van der Waals surface area contributed by atoms with E-state index in [1.165, 1.54) is 12.8 Å². The number of hydrogen-bond acceptors (Lipinski definition) is 3. The second-order valence-corrected chi connectivity index (χ2v) is 5.13. The van der Waals surface area contributed by atoms with Gasteiger partial charge < -0.3 is 5.32 Å². The lowest BCUT2D eigenvalue weighted by molar-refractivity contribution is 0.0943. The second-order valence-electron chi connectivity index (χ2n) is 4.72. The summed E-state index contributed by atoms with van der Waals surface area (Å²) in [6.45, 7) is 0. The predicted molar refractivity (Wildman–Crippen MR) is 79.7 cm³/mol. The van der Waals surface area contributed by atoms with Crippen LogP contribution in [0, 0.1) is 11.3 Å². The van der Waals surface area contributed by atoms with Crippen LogP contribution in [0.1, 0.15) is 41.6 Å². The van der Waals surface area contributed by atoms with Crippen LogP contribution >= 0.6 is 12.2 Å². The minimum Gasteiger partial charge on any atom is -0.359 e. The Labute approximate surface area is 123 Å². The summed E-state index contributed by atoms with van der Waals surface area (Å²) in [5, 5.41) is 12.3. The number of rotatable bonds is 2. The third kappa shape index (κ3) is 3.93. The number of nitrogens with one attached hydrogen (secondary N) is 3. The lowest BCUT2D eigenvalue weighted by atomic mass is 10.1. The van der Waals surface area contributed by atoms with Gasteiger partial charge in [0.1, 0.15) is 0 Å². The van der Waals surface area contributed by atoms with E-state index in [9.17, 15) is 4.79 Å². The zero-order valence-electron chi connectivity index (χ0n) is 11.0. The summed E-state index contributed by atoms with van der Waals surface area (Å²) in [6, 6.07) is 8.81. The van der Waals surface area contributed by atoms with Crippen LogP contribution in [0.15, 0.2) is 24.3 Å². The topological polar surface area (TPSA) is 77.0 Å². The molecule has 1 aliphatic rings. The van der Waals surface area contributed by atoms with Crippen LogP contribution in [0.4, 0.5) is 0 Å². The van der Waals surface area contributed by atoms with Crippen molar-refractivity contribution < 1.29 is 4.79 Å². The highest BCUT2D eigenvalue weighted by atomic mass is 32.1. The van der Waals surface area contributed by atoms with Gasteiger partial charge >= 0.3 is 0 Å². The lowest BCUT2D eigenvalue weighted by Crippen LogP contribution is -2.49. The van der Waals surface area contributed by atoms with E-state index in [0.717, 1.165) is 12.8 Å². The molecule has 1 aromatic carbocycles. The van der Waals surface area contributed by atoms with Gasteiger partial charge in [-0.3, -0.25) is 15.6 Å². The van der Waals surface area contributed by atoms with Crippen molar-refractivity contribution in [2.75, 3.05) is 0 Å². The monoisotopic (exact) mass is 288 g/mol. The van der Waals surface area contributed by atoms with Crippen LogP contribution in [0.25, 0.3) is 0 Å². The van der Waals surface area contributed by atoms with E-state index in [-0.39, 0.29) is 5.91 Å². The van der Waals surface area contributed by atoms with Gasteiger partial charge in [0, 0.05) is 11.6 Å². The highest BCUT2D eigenvalue weighted by Gasteiger charge is 2.15. The Morgan fingerprint density at radius 1 is 1.20 bits per heavy atom. The molecule has 0 radical (unpaired) electrons. The molecule has 0 unspecified atom stereocenters. The smallest absolute Gasteiger partial charge is 0.269 e. The van der Waals surface area contributed by atoms with Gasteiger partial charge in [-0.2, -0.15) is 5.26 Å². The van der Waals surface area contributed by atoms with Crippen molar-refractivity contribution in [2.24, 2.45) is 0 Å². The fourth-order valence-corrected chi connectivity index (χ4v) is 2.39. The van der Waals surface area contributed by atoms with E-state index >= 15 is 0 Å². The summed E-state index contributed by atoms with van der Waals surface area (Å²) >= 11 is 5.12. The molecule has 6 heteroatoms. The van der Waals surface area contributed by atoms with Gasteiger partial charge in [0.15, 0.2) is 5.11 Å². The summed E-state index contributed by atoms with van der Waals surface area (Å²) in [6.07, 6.45) is 4.67. The van der Waals surface area contributed by atoms with Crippen molar-refractivity contribution in [3.8, 4) is 6.07 Å². The first kappa shape index (κ1) is 14.3. The van der Waals surface area contributed by atoms with Gasteiger partial charge in [-0.05, 0) is 49.3 Å². The van der Waals surface area contributed by atoms with Gasteiger partial charge in [0.2, 0.25) is 0 Å². The highest BCUT2D eigenvalue weighted by Crippen LogP contribution is 2.17. The molecule has 0 aliphatic heterocycles. The molecule has 1 aliphatic carbocycles. The van der Waals surface area contributed by atoms with E-state index in [2.05, 4.69) is 16.2 Å². The fourth-order valence-electron chi connectivity index (χ4n) is 2.17. The molecule has 2 rings (SSSR count). The van der Waals surface area contributed by atoms with Crippen molar-refractivity contribution in [3.63, 3.8) is 0 Å². The maximum Gasteiger partial charge on any atom is 0.269 e. The Morgan fingerprint density at radius 2 is 1.85 bits per heavy atom. The molecule has 1 saturated carbocycles. The molecule has 0 heterocycles. The molecule has 0 bridgehead atoms. The van der Waals surface area contributed by atoms with E-state index in [1.54, 1.807) is 24.3 Å². The summed E-state index contributed by atoms with van der Waals surface area (Å²) in [5.41, 5.74) is 6.22. The molecule has 5 nitrogen and oxygen atoms in total. The standard InChI is InChI=1S/C14H16N4OS/c15-9-10-5-7-11(8-6-10)13(19)17-18-14(20)16-12-3-1-2-4-12/h5-8,12H,1-4H2,(H,17,19)(H2,16,18,20). The first-order chi connectivity index (χ1) is 9.69. The molecule has 1 aromatic rings.